The number of carbonyl (C=O) groups excluding carboxylic acids is 1. The predicted octanol–water partition coefficient (Wildman–Crippen LogP) is 4.28. The van der Waals surface area contributed by atoms with E-state index in [0.29, 0.717) is 11.5 Å². The molecule has 0 N–H and O–H groups in total. The minimum absolute atomic E-state index is 0.0105. The molecule has 0 aromatic carbocycles. The molecule has 4 heteroatoms. The Morgan fingerprint density at radius 3 is 1.96 bits per heavy atom. The van der Waals surface area contributed by atoms with Crippen LogP contribution in [0.5, 0.6) is 0 Å². The van der Waals surface area contributed by atoms with Crippen LogP contribution < -0.4 is 0 Å². The molecule has 4 aliphatic rings. The maximum Gasteiger partial charge on any atom is 0.188 e. The second kappa shape index (κ2) is 5.58. The summed E-state index contributed by atoms with van der Waals surface area (Å²) in [4.78, 5) is 22.1. The molecule has 3 nitrogen and oxygen atoms in total. The molecule has 0 atom stereocenters. The highest BCUT2D eigenvalue weighted by Crippen LogP contribution is 2.60. The Kier molecular flexibility index (Phi) is 3.79. The molecule has 4 saturated carbocycles. The molecule has 0 radical (unpaired) electrons. The van der Waals surface area contributed by atoms with Gasteiger partial charge in [-0.15, -0.1) is 0 Å². The van der Waals surface area contributed by atoms with Crippen LogP contribution in [0.25, 0.3) is 0 Å². The molecule has 1 aromatic heterocycles. The fourth-order valence-electron chi connectivity index (χ4n) is 5.54. The SMILES string of the molecule is Cc1nc(SCC(=O)C23CC4CC(CC(C4)C2)C3)nc(C)c1C. The van der Waals surface area contributed by atoms with Crippen molar-refractivity contribution < 1.29 is 4.79 Å². The first kappa shape index (κ1) is 15.6. The Morgan fingerprint density at radius 1 is 1.00 bits per heavy atom. The number of aryl methyl sites for hydroxylation is 2. The number of ketones is 1. The summed E-state index contributed by atoms with van der Waals surface area (Å²) in [5.74, 6) is 3.51. The lowest BCUT2D eigenvalue weighted by atomic mass is 9.48. The minimum atomic E-state index is 0.0105. The van der Waals surface area contributed by atoms with Gasteiger partial charge in [-0.05, 0) is 82.6 Å². The molecule has 4 bridgehead atoms. The molecule has 0 unspecified atom stereocenters. The molecule has 124 valence electrons. The van der Waals surface area contributed by atoms with Crippen LogP contribution >= 0.6 is 11.8 Å². The quantitative estimate of drug-likeness (QED) is 0.610. The number of rotatable bonds is 4. The van der Waals surface area contributed by atoms with E-state index in [-0.39, 0.29) is 5.41 Å². The van der Waals surface area contributed by atoms with Crippen LogP contribution in [0.1, 0.15) is 55.5 Å². The standard InChI is InChI=1S/C19H26N2OS/c1-11-12(2)20-18(21-13(11)3)23-10-17(22)19-7-14-4-15(8-19)6-16(5-14)9-19/h14-16H,4-10H2,1-3H3. The third-order valence-electron chi connectivity index (χ3n) is 6.57. The van der Waals surface area contributed by atoms with Crippen LogP contribution in [0.15, 0.2) is 5.16 Å². The van der Waals surface area contributed by atoms with Crippen molar-refractivity contribution >= 4 is 17.5 Å². The maximum atomic E-state index is 13.0. The maximum absolute atomic E-state index is 13.0. The number of hydrogen-bond acceptors (Lipinski definition) is 4. The van der Waals surface area contributed by atoms with Gasteiger partial charge in [-0.1, -0.05) is 11.8 Å². The fraction of sp³-hybridized carbons (Fsp3) is 0.737. The van der Waals surface area contributed by atoms with Crippen LogP contribution in [-0.2, 0) is 4.79 Å². The summed E-state index contributed by atoms with van der Waals surface area (Å²) < 4.78 is 0. The van der Waals surface area contributed by atoms with E-state index >= 15 is 0 Å². The van der Waals surface area contributed by atoms with E-state index in [1.807, 2.05) is 13.8 Å². The molecule has 5 rings (SSSR count). The van der Waals surface area contributed by atoms with Gasteiger partial charge in [0, 0.05) is 16.8 Å². The summed E-state index contributed by atoms with van der Waals surface area (Å²) in [7, 11) is 0. The molecule has 4 fully saturated rings. The van der Waals surface area contributed by atoms with E-state index in [1.165, 1.54) is 19.3 Å². The molecule has 1 heterocycles. The zero-order valence-corrected chi connectivity index (χ0v) is 15.2. The zero-order valence-electron chi connectivity index (χ0n) is 14.4. The summed E-state index contributed by atoms with van der Waals surface area (Å²) in [6, 6.07) is 0. The van der Waals surface area contributed by atoms with Gasteiger partial charge in [-0.2, -0.15) is 0 Å². The lowest BCUT2D eigenvalue weighted by Crippen LogP contribution is -2.50. The van der Waals surface area contributed by atoms with Gasteiger partial charge in [0.15, 0.2) is 5.16 Å². The molecular weight excluding hydrogens is 304 g/mol. The van der Waals surface area contributed by atoms with Gasteiger partial charge in [-0.3, -0.25) is 4.79 Å². The number of hydrogen-bond donors (Lipinski definition) is 0. The third kappa shape index (κ3) is 2.73. The van der Waals surface area contributed by atoms with Crippen molar-refractivity contribution in [3.8, 4) is 0 Å². The van der Waals surface area contributed by atoms with Crippen molar-refractivity contribution in [3.05, 3.63) is 17.0 Å². The van der Waals surface area contributed by atoms with Gasteiger partial charge < -0.3 is 0 Å². The van der Waals surface area contributed by atoms with Crippen LogP contribution in [0.4, 0.5) is 0 Å². The predicted molar refractivity (Wildman–Crippen MR) is 92.6 cm³/mol. The topological polar surface area (TPSA) is 42.9 Å². The van der Waals surface area contributed by atoms with E-state index in [4.69, 9.17) is 0 Å². The number of thioether (sulfide) groups is 1. The highest BCUT2D eigenvalue weighted by molar-refractivity contribution is 7.99. The second-order valence-corrected chi connectivity index (χ2v) is 9.15. The van der Waals surface area contributed by atoms with Gasteiger partial charge in [0.05, 0.1) is 5.75 Å². The first-order valence-electron chi connectivity index (χ1n) is 8.93. The zero-order chi connectivity index (χ0) is 16.2. The van der Waals surface area contributed by atoms with Crippen LogP contribution in [-0.4, -0.2) is 21.5 Å². The van der Waals surface area contributed by atoms with E-state index in [9.17, 15) is 4.79 Å². The first-order valence-corrected chi connectivity index (χ1v) is 9.92. The number of nitrogens with zero attached hydrogens (tertiary/aromatic N) is 2. The highest BCUT2D eigenvalue weighted by atomic mass is 32.2. The Labute approximate surface area is 143 Å². The Morgan fingerprint density at radius 2 is 1.48 bits per heavy atom. The van der Waals surface area contributed by atoms with Gasteiger partial charge in [0.2, 0.25) is 0 Å². The summed E-state index contributed by atoms with van der Waals surface area (Å²) >= 11 is 1.54. The largest absolute Gasteiger partial charge is 0.298 e. The van der Waals surface area contributed by atoms with Gasteiger partial charge in [-0.25, -0.2) is 9.97 Å². The van der Waals surface area contributed by atoms with Crippen molar-refractivity contribution in [1.82, 2.24) is 9.97 Å². The highest BCUT2D eigenvalue weighted by Gasteiger charge is 2.54. The average molecular weight is 330 g/mol. The number of aromatic nitrogens is 2. The Bertz CT molecular complexity index is 596. The third-order valence-corrected chi connectivity index (χ3v) is 7.42. The molecule has 0 amide bonds. The van der Waals surface area contributed by atoms with Gasteiger partial charge in [0.25, 0.3) is 0 Å². The molecule has 0 saturated heterocycles. The summed E-state index contributed by atoms with van der Waals surface area (Å²) in [6.07, 6.45) is 7.64. The van der Waals surface area contributed by atoms with E-state index in [2.05, 4.69) is 16.9 Å². The van der Waals surface area contributed by atoms with E-state index in [1.54, 1.807) is 11.8 Å². The summed E-state index contributed by atoms with van der Waals surface area (Å²) in [5.41, 5.74) is 3.22. The van der Waals surface area contributed by atoms with Crippen LogP contribution in [0.3, 0.4) is 0 Å². The molecule has 0 spiro atoms. The molecule has 23 heavy (non-hydrogen) atoms. The second-order valence-electron chi connectivity index (χ2n) is 8.21. The van der Waals surface area contributed by atoms with Crippen molar-refractivity contribution in [2.45, 2.75) is 64.5 Å². The Hall–Kier alpha value is -0.900. The average Bonchev–Trinajstić information content (AvgIpc) is 2.48. The first-order chi connectivity index (χ1) is 10.9. The number of Topliss-reactive ketones (excluding diaryl/α,β-unsaturated/α-hetero) is 1. The van der Waals surface area contributed by atoms with E-state index < -0.39 is 0 Å². The lowest BCUT2D eigenvalue weighted by Gasteiger charge is -2.56. The number of carbonyl (C=O) groups is 1. The van der Waals surface area contributed by atoms with Crippen molar-refractivity contribution in [2.24, 2.45) is 23.2 Å². The van der Waals surface area contributed by atoms with Crippen LogP contribution in [0.2, 0.25) is 0 Å². The van der Waals surface area contributed by atoms with Gasteiger partial charge >= 0.3 is 0 Å². The Balaban J connectivity index is 1.46. The fourth-order valence-corrected chi connectivity index (χ4v) is 6.51. The summed E-state index contributed by atoms with van der Waals surface area (Å²) in [6.45, 7) is 6.10. The molecule has 1 aromatic rings. The lowest BCUT2D eigenvalue weighted by molar-refractivity contribution is -0.141. The van der Waals surface area contributed by atoms with Gasteiger partial charge in [0.1, 0.15) is 5.78 Å². The smallest absolute Gasteiger partial charge is 0.188 e. The molecular formula is C19H26N2OS. The normalized spacial score (nSPS) is 34.8. The summed E-state index contributed by atoms with van der Waals surface area (Å²) in [5, 5.41) is 0.767. The van der Waals surface area contributed by atoms with Crippen molar-refractivity contribution in [3.63, 3.8) is 0 Å². The van der Waals surface area contributed by atoms with E-state index in [0.717, 1.165) is 59.1 Å². The van der Waals surface area contributed by atoms with Crippen molar-refractivity contribution in [1.29, 1.82) is 0 Å². The van der Waals surface area contributed by atoms with Crippen molar-refractivity contribution in [2.75, 3.05) is 5.75 Å². The molecule has 0 aliphatic heterocycles. The monoisotopic (exact) mass is 330 g/mol. The molecule has 4 aliphatic carbocycles. The minimum Gasteiger partial charge on any atom is -0.298 e. The van der Waals surface area contributed by atoms with Crippen LogP contribution in [0, 0.1) is 43.9 Å².